The van der Waals surface area contributed by atoms with Gasteiger partial charge < -0.3 is 4.74 Å². The third-order valence-electron chi connectivity index (χ3n) is 11.8. The summed E-state index contributed by atoms with van der Waals surface area (Å²) in [6, 6.07) is 0. The molecule has 166 valence electrons. The first-order chi connectivity index (χ1) is 13.9. The van der Waals surface area contributed by atoms with Crippen LogP contribution in [0, 0.1) is 52.3 Å². The molecule has 11 atom stereocenters. The van der Waals surface area contributed by atoms with E-state index in [9.17, 15) is 0 Å². The van der Waals surface area contributed by atoms with E-state index in [0.29, 0.717) is 23.0 Å². The number of hydrogen-bond donors (Lipinski definition) is 0. The molecule has 1 heterocycles. The minimum absolute atomic E-state index is 0.543. The fraction of sp³-hybridized carbons (Fsp3) is 1.00. The van der Waals surface area contributed by atoms with Crippen molar-refractivity contribution in [3.63, 3.8) is 0 Å². The Bertz CT molecular complexity index is 599. The molecular weight excluding hydrogens is 352 g/mol. The van der Waals surface area contributed by atoms with Crippen LogP contribution in [0.25, 0.3) is 0 Å². The second-order valence-corrected chi connectivity index (χ2v) is 12.9. The zero-order chi connectivity index (χ0) is 20.4. The zero-order valence-corrected chi connectivity index (χ0v) is 20.1. The Morgan fingerprint density at radius 3 is 2.59 bits per heavy atom. The van der Waals surface area contributed by atoms with Crippen molar-refractivity contribution >= 4 is 0 Å². The van der Waals surface area contributed by atoms with E-state index < -0.39 is 0 Å². The molecule has 1 aliphatic heterocycles. The molecule has 0 aromatic rings. The normalized spacial score (nSPS) is 54.9. The third-order valence-corrected chi connectivity index (χ3v) is 11.8. The standard InChI is InChI=1S/C28H48O/c1-6-18(2)10-13-24-19(3)26-25(29-24)17-23-21-12-11-20-9-7-8-15-27(20,4)22(21)14-16-28(23,26)5/h18-26H,6-17H2,1-5H3/t18?,19-,20+,21-,22+,23+,24?,25+,26?,27+,28+/m1/s1. The molecule has 0 amide bonds. The number of ether oxygens (including phenoxy) is 1. The van der Waals surface area contributed by atoms with Gasteiger partial charge >= 0.3 is 0 Å². The van der Waals surface area contributed by atoms with Crippen LogP contribution in [-0.2, 0) is 4.74 Å². The van der Waals surface area contributed by atoms with Crippen LogP contribution in [-0.4, -0.2) is 12.2 Å². The highest BCUT2D eigenvalue weighted by molar-refractivity contribution is 5.13. The zero-order valence-electron chi connectivity index (χ0n) is 20.1. The first-order valence-corrected chi connectivity index (χ1v) is 13.5. The lowest BCUT2D eigenvalue weighted by molar-refractivity contribution is -0.115. The molecule has 0 bridgehead atoms. The van der Waals surface area contributed by atoms with Crippen molar-refractivity contribution in [3.8, 4) is 0 Å². The van der Waals surface area contributed by atoms with Crippen molar-refractivity contribution in [3.05, 3.63) is 0 Å². The molecule has 0 radical (unpaired) electrons. The van der Waals surface area contributed by atoms with Crippen LogP contribution in [0.2, 0.25) is 0 Å². The predicted molar refractivity (Wildman–Crippen MR) is 122 cm³/mol. The summed E-state index contributed by atoms with van der Waals surface area (Å²) in [5, 5.41) is 0. The van der Waals surface area contributed by atoms with E-state index in [0.717, 1.165) is 41.4 Å². The van der Waals surface area contributed by atoms with Gasteiger partial charge in [-0.2, -0.15) is 0 Å². The van der Waals surface area contributed by atoms with E-state index in [2.05, 4.69) is 34.6 Å². The lowest BCUT2D eigenvalue weighted by Crippen LogP contribution is -2.53. The minimum atomic E-state index is 0.543. The fourth-order valence-electron chi connectivity index (χ4n) is 9.97. The molecule has 1 nitrogen and oxygen atoms in total. The van der Waals surface area contributed by atoms with Gasteiger partial charge in [0.15, 0.2) is 0 Å². The Balaban J connectivity index is 1.33. The molecule has 4 aliphatic carbocycles. The van der Waals surface area contributed by atoms with Gasteiger partial charge in [0.1, 0.15) is 0 Å². The van der Waals surface area contributed by atoms with Crippen molar-refractivity contribution < 1.29 is 4.74 Å². The Labute approximate surface area is 181 Å². The summed E-state index contributed by atoms with van der Waals surface area (Å²) < 4.78 is 6.86. The van der Waals surface area contributed by atoms with Crippen molar-refractivity contribution in [2.24, 2.45) is 52.3 Å². The van der Waals surface area contributed by atoms with Crippen LogP contribution in [0.4, 0.5) is 0 Å². The van der Waals surface area contributed by atoms with Crippen molar-refractivity contribution in [2.45, 2.75) is 124 Å². The number of hydrogen-bond acceptors (Lipinski definition) is 1. The molecule has 0 spiro atoms. The molecule has 0 aromatic heterocycles. The maximum Gasteiger partial charge on any atom is 0.0618 e. The van der Waals surface area contributed by atoms with Gasteiger partial charge in [-0.05, 0) is 110 Å². The second kappa shape index (κ2) is 7.53. The molecule has 1 saturated heterocycles. The summed E-state index contributed by atoms with van der Waals surface area (Å²) in [5.41, 5.74) is 1.24. The van der Waals surface area contributed by atoms with E-state index in [1.165, 1.54) is 77.0 Å². The maximum atomic E-state index is 6.86. The molecule has 1 heteroatoms. The van der Waals surface area contributed by atoms with Gasteiger partial charge in [-0.15, -0.1) is 0 Å². The van der Waals surface area contributed by atoms with Crippen molar-refractivity contribution in [2.75, 3.05) is 0 Å². The van der Waals surface area contributed by atoms with Crippen LogP contribution < -0.4 is 0 Å². The van der Waals surface area contributed by atoms with E-state index in [1.807, 2.05) is 0 Å². The quantitative estimate of drug-likeness (QED) is 0.466. The van der Waals surface area contributed by atoms with Gasteiger partial charge in [0.25, 0.3) is 0 Å². The Hall–Kier alpha value is -0.0400. The summed E-state index contributed by atoms with van der Waals surface area (Å²) in [6.45, 7) is 12.7. The van der Waals surface area contributed by atoms with Gasteiger partial charge in [0.05, 0.1) is 12.2 Å². The van der Waals surface area contributed by atoms with E-state index in [1.54, 1.807) is 0 Å². The van der Waals surface area contributed by atoms with Crippen molar-refractivity contribution in [1.82, 2.24) is 0 Å². The van der Waals surface area contributed by atoms with Crippen molar-refractivity contribution in [1.29, 1.82) is 0 Å². The average molecular weight is 401 g/mol. The molecule has 4 saturated carbocycles. The lowest BCUT2D eigenvalue weighted by atomic mass is 9.44. The summed E-state index contributed by atoms with van der Waals surface area (Å²) in [4.78, 5) is 0. The highest BCUT2D eigenvalue weighted by Crippen LogP contribution is 2.70. The fourth-order valence-corrected chi connectivity index (χ4v) is 9.97. The smallest absolute Gasteiger partial charge is 0.0618 e. The van der Waals surface area contributed by atoms with Crippen LogP contribution in [0.5, 0.6) is 0 Å². The Morgan fingerprint density at radius 1 is 0.966 bits per heavy atom. The Morgan fingerprint density at radius 2 is 1.79 bits per heavy atom. The molecule has 5 rings (SSSR count). The van der Waals surface area contributed by atoms with Gasteiger partial charge in [-0.25, -0.2) is 0 Å². The molecule has 5 aliphatic rings. The summed E-state index contributed by atoms with van der Waals surface area (Å²) in [6.07, 6.45) is 18.7. The summed E-state index contributed by atoms with van der Waals surface area (Å²) >= 11 is 0. The average Bonchev–Trinajstić information content (AvgIpc) is 3.19. The van der Waals surface area contributed by atoms with E-state index >= 15 is 0 Å². The van der Waals surface area contributed by atoms with Gasteiger partial charge in [-0.3, -0.25) is 0 Å². The largest absolute Gasteiger partial charge is 0.374 e. The maximum absolute atomic E-state index is 6.86. The van der Waals surface area contributed by atoms with E-state index in [4.69, 9.17) is 4.74 Å². The molecular formula is C28H48O. The van der Waals surface area contributed by atoms with Gasteiger partial charge in [0.2, 0.25) is 0 Å². The second-order valence-electron chi connectivity index (χ2n) is 12.9. The SMILES string of the molecule is CCC(C)CCC1O[C@H]2C[C@H]3[C@@H]4CC[C@@H]5CCCC[C@]5(C)[C@H]4CC[C@]3(C)C2[C@@H]1C. The van der Waals surface area contributed by atoms with Crippen LogP contribution in [0.1, 0.15) is 112 Å². The minimum Gasteiger partial charge on any atom is -0.374 e. The first kappa shape index (κ1) is 20.8. The predicted octanol–water partition coefficient (Wildman–Crippen LogP) is 7.88. The lowest BCUT2D eigenvalue weighted by Gasteiger charge is -2.60. The number of rotatable bonds is 4. The molecule has 0 N–H and O–H groups in total. The topological polar surface area (TPSA) is 9.23 Å². The first-order valence-electron chi connectivity index (χ1n) is 13.5. The highest BCUT2D eigenvalue weighted by atomic mass is 16.5. The highest BCUT2D eigenvalue weighted by Gasteiger charge is 2.65. The van der Waals surface area contributed by atoms with Crippen LogP contribution in [0.15, 0.2) is 0 Å². The summed E-state index contributed by atoms with van der Waals surface area (Å²) in [5.74, 6) is 6.50. The Kier molecular flexibility index (Phi) is 5.41. The molecule has 5 fully saturated rings. The molecule has 3 unspecified atom stereocenters. The van der Waals surface area contributed by atoms with Crippen LogP contribution >= 0.6 is 0 Å². The van der Waals surface area contributed by atoms with Gasteiger partial charge in [0, 0.05) is 0 Å². The molecule has 29 heavy (non-hydrogen) atoms. The number of fused-ring (bicyclic) bond motifs is 7. The van der Waals surface area contributed by atoms with Gasteiger partial charge in [-0.1, -0.05) is 53.9 Å². The van der Waals surface area contributed by atoms with Crippen LogP contribution in [0.3, 0.4) is 0 Å². The van der Waals surface area contributed by atoms with E-state index in [-0.39, 0.29) is 0 Å². The monoisotopic (exact) mass is 400 g/mol. The third kappa shape index (κ3) is 3.10. The molecule has 0 aromatic carbocycles. The summed E-state index contributed by atoms with van der Waals surface area (Å²) in [7, 11) is 0.